The largest absolute Gasteiger partial charge is 0.355 e. The topological polar surface area (TPSA) is 55.1 Å². The molecule has 2 aromatic carbocycles. The van der Waals surface area contributed by atoms with Crippen LogP contribution in [0.2, 0.25) is 0 Å². The molecule has 2 rings (SSSR count). The van der Waals surface area contributed by atoms with Crippen LogP contribution >= 0.6 is 12.4 Å². The lowest BCUT2D eigenvalue weighted by atomic mass is 9.98. The van der Waals surface area contributed by atoms with Crippen molar-refractivity contribution in [3.8, 4) is 11.1 Å². The predicted molar refractivity (Wildman–Crippen MR) is 80.4 cm³/mol. The van der Waals surface area contributed by atoms with E-state index in [9.17, 15) is 4.79 Å². The lowest BCUT2D eigenvalue weighted by molar-refractivity contribution is 0.0963. The van der Waals surface area contributed by atoms with Crippen LogP contribution in [-0.2, 0) is 6.54 Å². The first-order chi connectivity index (χ1) is 8.76. The summed E-state index contributed by atoms with van der Waals surface area (Å²) in [6.45, 7) is 0.525. The van der Waals surface area contributed by atoms with Crippen molar-refractivity contribution in [1.82, 2.24) is 5.32 Å². The van der Waals surface area contributed by atoms with Crippen LogP contribution in [0.5, 0.6) is 0 Å². The molecule has 3 nitrogen and oxygen atoms in total. The van der Waals surface area contributed by atoms with E-state index in [1.807, 2.05) is 48.5 Å². The molecule has 0 aliphatic heterocycles. The second kappa shape index (κ2) is 6.92. The average Bonchev–Trinajstić information content (AvgIpc) is 2.46. The number of carbonyl (C=O) groups is 1. The molecule has 0 heterocycles. The zero-order valence-electron chi connectivity index (χ0n) is 10.7. The van der Waals surface area contributed by atoms with Crippen molar-refractivity contribution in [1.29, 1.82) is 0 Å². The molecule has 0 bridgehead atoms. The van der Waals surface area contributed by atoms with Gasteiger partial charge in [-0.3, -0.25) is 4.79 Å². The van der Waals surface area contributed by atoms with Crippen LogP contribution in [0.1, 0.15) is 15.9 Å². The van der Waals surface area contributed by atoms with Crippen molar-refractivity contribution in [3.05, 3.63) is 59.7 Å². The van der Waals surface area contributed by atoms with Crippen LogP contribution in [0.4, 0.5) is 0 Å². The lowest BCUT2D eigenvalue weighted by Gasteiger charge is -2.09. The maximum Gasteiger partial charge on any atom is 0.251 e. The van der Waals surface area contributed by atoms with E-state index in [0.717, 1.165) is 16.7 Å². The molecule has 2 aromatic rings. The van der Waals surface area contributed by atoms with Gasteiger partial charge in [-0.2, -0.15) is 0 Å². The quantitative estimate of drug-likeness (QED) is 0.905. The summed E-state index contributed by atoms with van der Waals surface area (Å²) in [5, 5.41) is 2.66. The minimum Gasteiger partial charge on any atom is -0.355 e. The Morgan fingerprint density at radius 1 is 1.11 bits per heavy atom. The first-order valence-corrected chi connectivity index (χ1v) is 5.86. The van der Waals surface area contributed by atoms with Crippen LogP contribution in [0.3, 0.4) is 0 Å². The van der Waals surface area contributed by atoms with Gasteiger partial charge in [0.15, 0.2) is 0 Å². The van der Waals surface area contributed by atoms with Gasteiger partial charge >= 0.3 is 0 Å². The highest BCUT2D eigenvalue weighted by atomic mass is 35.5. The van der Waals surface area contributed by atoms with Crippen LogP contribution in [0.15, 0.2) is 48.5 Å². The fourth-order valence-corrected chi connectivity index (χ4v) is 1.89. The van der Waals surface area contributed by atoms with Gasteiger partial charge in [0.05, 0.1) is 0 Å². The molecule has 0 aromatic heterocycles. The number of hydrogen-bond donors (Lipinski definition) is 2. The number of carbonyl (C=O) groups excluding carboxylic acids is 1. The highest BCUT2D eigenvalue weighted by Gasteiger charge is 2.10. The van der Waals surface area contributed by atoms with Crippen LogP contribution in [0, 0.1) is 0 Å². The minimum atomic E-state index is -0.0755. The summed E-state index contributed by atoms with van der Waals surface area (Å²) in [6.07, 6.45) is 0. The summed E-state index contributed by atoms with van der Waals surface area (Å²) in [7, 11) is 1.64. The molecule has 0 saturated heterocycles. The number of amides is 1. The van der Waals surface area contributed by atoms with Crippen LogP contribution < -0.4 is 11.1 Å². The summed E-state index contributed by atoms with van der Waals surface area (Å²) < 4.78 is 0. The lowest BCUT2D eigenvalue weighted by Crippen LogP contribution is -2.18. The van der Waals surface area contributed by atoms with Crippen molar-refractivity contribution in [2.24, 2.45) is 5.73 Å². The van der Waals surface area contributed by atoms with Crippen LogP contribution in [-0.4, -0.2) is 13.0 Å². The van der Waals surface area contributed by atoms with Crippen molar-refractivity contribution in [3.63, 3.8) is 0 Å². The molecule has 0 fully saturated rings. The molecule has 0 radical (unpaired) electrons. The molecule has 0 spiro atoms. The van der Waals surface area contributed by atoms with E-state index in [1.54, 1.807) is 7.05 Å². The molecule has 1 amide bonds. The molecular formula is C15H17ClN2O. The molecule has 0 saturated carbocycles. The first kappa shape index (κ1) is 15.2. The van der Waals surface area contributed by atoms with E-state index < -0.39 is 0 Å². The van der Waals surface area contributed by atoms with Gasteiger partial charge in [-0.15, -0.1) is 12.4 Å². The minimum absolute atomic E-state index is 0. The highest BCUT2D eigenvalue weighted by Crippen LogP contribution is 2.23. The Kier molecular flexibility index (Phi) is 5.55. The second-order valence-electron chi connectivity index (χ2n) is 4.03. The standard InChI is InChI=1S/C15H16N2O.ClH/c1-17-15(18)14-5-3-2-4-13(14)12-8-6-11(10-16)7-9-12;/h2-9H,10,16H2,1H3,(H,17,18);1H. The summed E-state index contributed by atoms with van der Waals surface area (Å²) in [4.78, 5) is 11.8. The Labute approximate surface area is 119 Å². The van der Waals surface area contributed by atoms with Crippen LogP contribution in [0.25, 0.3) is 11.1 Å². The number of benzene rings is 2. The molecule has 0 aliphatic rings. The summed E-state index contributed by atoms with van der Waals surface area (Å²) >= 11 is 0. The van der Waals surface area contributed by atoms with Crippen molar-refractivity contribution in [2.75, 3.05) is 7.05 Å². The predicted octanol–water partition coefficient (Wildman–Crippen LogP) is 2.59. The van der Waals surface area contributed by atoms with Gasteiger partial charge in [-0.25, -0.2) is 0 Å². The summed E-state index contributed by atoms with van der Waals surface area (Å²) in [5.74, 6) is -0.0755. The molecule has 0 unspecified atom stereocenters. The Bertz CT molecular complexity index is 552. The third kappa shape index (κ3) is 3.34. The summed E-state index contributed by atoms with van der Waals surface area (Å²) in [5.41, 5.74) is 9.29. The second-order valence-corrected chi connectivity index (χ2v) is 4.03. The smallest absolute Gasteiger partial charge is 0.251 e. The van der Waals surface area contributed by atoms with Crippen molar-refractivity contribution < 1.29 is 4.79 Å². The third-order valence-electron chi connectivity index (χ3n) is 2.90. The van der Waals surface area contributed by atoms with Gasteiger partial charge in [-0.05, 0) is 22.8 Å². The van der Waals surface area contributed by atoms with Gasteiger partial charge in [-0.1, -0.05) is 42.5 Å². The number of nitrogens with two attached hydrogens (primary N) is 1. The fourth-order valence-electron chi connectivity index (χ4n) is 1.89. The van der Waals surface area contributed by atoms with Crippen molar-refractivity contribution in [2.45, 2.75) is 6.54 Å². The Morgan fingerprint density at radius 3 is 2.32 bits per heavy atom. The van der Waals surface area contributed by atoms with Gasteiger partial charge < -0.3 is 11.1 Å². The highest BCUT2D eigenvalue weighted by molar-refractivity contribution is 6.00. The van der Waals surface area contributed by atoms with Gasteiger partial charge in [0.2, 0.25) is 0 Å². The van der Waals surface area contributed by atoms with Gasteiger partial charge in [0.25, 0.3) is 5.91 Å². The molecule has 0 atom stereocenters. The third-order valence-corrected chi connectivity index (χ3v) is 2.90. The fraction of sp³-hybridized carbons (Fsp3) is 0.133. The maximum absolute atomic E-state index is 11.8. The van der Waals surface area contributed by atoms with E-state index in [0.29, 0.717) is 12.1 Å². The zero-order valence-corrected chi connectivity index (χ0v) is 11.5. The monoisotopic (exact) mass is 276 g/mol. The first-order valence-electron chi connectivity index (χ1n) is 5.86. The van der Waals surface area contributed by atoms with E-state index in [1.165, 1.54) is 0 Å². The van der Waals surface area contributed by atoms with E-state index in [4.69, 9.17) is 5.73 Å². The summed E-state index contributed by atoms with van der Waals surface area (Å²) in [6, 6.07) is 15.5. The number of rotatable bonds is 3. The number of hydrogen-bond acceptors (Lipinski definition) is 2. The zero-order chi connectivity index (χ0) is 13.0. The molecule has 19 heavy (non-hydrogen) atoms. The van der Waals surface area contributed by atoms with Crippen molar-refractivity contribution >= 4 is 18.3 Å². The maximum atomic E-state index is 11.8. The van der Waals surface area contributed by atoms with E-state index >= 15 is 0 Å². The average molecular weight is 277 g/mol. The number of nitrogens with one attached hydrogen (secondary N) is 1. The van der Waals surface area contributed by atoms with Gasteiger partial charge in [0.1, 0.15) is 0 Å². The Balaban J connectivity index is 0.00000180. The molecule has 0 aliphatic carbocycles. The normalized spacial score (nSPS) is 9.58. The Morgan fingerprint density at radius 2 is 1.74 bits per heavy atom. The molecule has 3 N–H and O–H groups in total. The number of halogens is 1. The van der Waals surface area contributed by atoms with E-state index in [2.05, 4.69) is 5.32 Å². The molecular weight excluding hydrogens is 260 g/mol. The molecule has 100 valence electrons. The van der Waals surface area contributed by atoms with E-state index in [-0.39, 0.29) is 18.3 Å². The Hall–Kier alpha value is -1.84. The SMILES string of the molecule is CNC(=O)c1ccccc1-c1ccc(CN)cc1.Cl. The molecule has 4 heteroatoms. The van der Waals surface area contributed by atoms with Gasteiger partial charge in [0, 0.05) is 19.2 Å².